The third-order valence-corrected chi connectivity index (χ3v) is 16.5. The summed E-state index contributed by atoms with van der Waals surface area (Å²) in [5.74, 6) is 2.19. The first-order valence-corrected chi connectivity index (χ1v) is 19.3. The number of hydrogen-bond donors (Lipinski definition) is 2. The lowest BCUT2D eigenvalue weighted by molar-refractivity contribution is 0.750. The molecular formula is C36H26Cl2N8Si. The Kier molecular flexibility index (Phi) is 6.03. The summed E-state index contributed by atoms with van der Waals surface area (Å²) in [6, 6.07) is 30.0. The van der Waals surface area contributed by atoms with Crippen molar-refractivity contribution in [2.24, 2.45) is 0 Å². The lowest BCUT2D eigenvalue weighted by Crippen LogP contribution is -2.45. The molecule has 0 aliphatic carbocycles. The van der Waals surface area contributed by atoms with E-state index in [-0.39, 0.29) is 5.04 Å². The van der Waals surface area contributed by atoms with Crippen molar-refractivity contribution in [3.05, 3.63) is 91.0 Å². The normalized spacial score (nSPS) is 12.8. The highest BCUT2D eigenvalue weighted by atomic mass is 35.7. The van der Waals surface area contributed by atoms with E-state index in [1.807, 2.05) is 91.0 Å². The lowest BCUT2D eigenvalue weighted by atomic mass is 10.1. The number of H-pyrrole nitrogens is 2. The number of nitrogens with zero attached hydrogens (tertiary/aromatic N) is 6. The van der Waals surface area contributed by atoms with Crippen LogP contribution in [0.15, 0.2) is 91.0 Å². The van der Waals surface area contributed by atoms with Crippen LogP contribution in [0.5, 0.6) is 0 Å². The van der Waals surface area contributed by atoms with Gasteiger partial charge in [0.1, 0.15) is 22.6 Å². The van der Waals surface area contributed by atoms with E-state index >= 15 is 0 Å². The van der Waals surface area contributed by atoms with Crippen molar-refractivity contribution >= 4 is 78.2 Å². The van der Waals surface area contributed by atoms with Crippen molar-refractivity contribution in [3.8, 4) is 45.6 Å². The maximum absolute atomic E-state index is 7.34. The van der Waals surface area contributed by atoms with Crippen LogP contribution in [0.4, 0.5) is 0 Å². The fourth-order valence-electron chi connectivity index (χ4n) is 6.36. The molecule has 0 unspecified atom stereocenters. The number of aromatic amines is 2. The van der Waals surface area contributed by atoms with Gasteiger partial charge in [-0.2, -0.15) is 0 Å². The van der Waals surface area contributed by atoms with Crippen LogP contribution in [0, 0.1) is 0 Å². The molecule has 11 heteroatoms. The summed E-state index contributed by atoms with van der Waals surface area (Å²) in [5, 5.41) is 4.04. The molecule has 228 valence electrons. The first-order valence-electron chi connectivity index (χ1n) is 15.3. The minimum Gasteiger partial charge on any atom is -0.324 e. The van der Waals surface area contributed by atoms with E-state index < -0.39 is 6.69 Å². The van der Waals surface area contributed by atoms with E-state index in [0.29, 0.717) is 45.9 Å². The molecule has 9 rings (SSSR count). The molecule has 4 aromatic carbocycles. The quantitative estimate of drug-likeness (QED) is 0.134. The van der Waals surface area contributed by atoms with Gasteiger partial charge >= 0.3 is 0 Å². The minimum atomic E-state index is -3.08. The summed E-state index contributed by atoms with van der Waals surface area (Å²) in [4.78, 5) is 37.4. The Morgan fingerprint density at radius 3 is 1.32 bits per heavy atom. The zero-order chi connectivity index (χ0) is 32.1. The Balaban J connectivity index is 1.50. The van der Waals surface area contributed by atoms with Gasteiger partial charge in [-0.25, -0.2) is 29.9 Å². The number of rotatable bonds is 1. The summed E-state index contributed by atoms with van der Waals surface area (Å²) < 4.78 is 0. The van der Waals surface area contributed by atoms with Crippen LogP contribution in [-0.4, -0.2) is 46.6 Å². The second kappa shape index (κ2) is 10.0. The Morgan fingerprint density at radius 1 is 0.468 bits per heavy atom. The van der Waals surface area contributed by atoms with E-state index in [0.717, 1.165) is 49.0 Å². The number of fused-ring (bicyclic) bond motifs is 20. The maximum Gasteiger partial charge on any atom is 0.286 e. The molecule has 0 spiro atoms. The fourth-order valence-corrected chi connectivity index (χ4v) is 8.98. The SMILES string of the molecule is CC(C)(C)[Si](Cl)(Cl)c1cccc2c3nc4nc(nc5[nH]c(nc6nc(nc([nH]3)c12)-c1ccccc1-6)c1ccccc51)-c1ccccc1-4. The van der Waals surface area contributed by atoms with Crippen molar-refractivity contribution < 1.29 is 0 Å². The summed E-state index contributed by atoms with van der Waals surface area (Å²) in [6.07, 6.45) is 0. The van der Waals surface area contributed by atoms with Crippen LogP contribution in [0.25, 0.3) is 89.7 Å². The number of halogens is 2. The molecule has 8 nitrogen and oxygen atoms in total. The van der Waals surface area contributed by atoms with E-state index in [9.17, 15) is 0 Å². The van der Waals surface area contributed by atoms with Gasteiger partial charge in [0.25, 0.3) is 6.69 Å². The highest BCUT2D eigenvalue weighted by Gasteiger charge is 2.45. The van der Waals surface area contributed by atoms with Gasteiger partial charge in [-0.15, -0.1) is 22.2 Å². The van der Waals surface area contributed by atoms with Crippen molar-refractivity contribution in [1.82, 2.24) is 39.9 Å². The molecule has 0 amide bonds. The second-order valence-corrected chi connectivity index (χ2v) is 20.0. The second-order valence-electron chi connectivity index (χ2n) is 12.8. The van der Waals surface area contributed by atoms with Gasteiger partial charge < -0.3 is 9.97 Å². The molecule has 0 radical (unpaired) electrons. The molecule has 0 saturated carbocycles. The Hall–Kier alpha value is -4.96. The number of aromatic nitrogens is 8. The fraction of sp³-hybridized carbons (Fsp3) is 0.111. The number of nitrogens with one attached hydrogen (secondary N) is 2. The van der Waals surface area contributed by atoms with Crippen molar-refractivity contribution in [1.29, 1.82) is 0 Å². The first-order chi connectivity index (χ1) is 22.7. The number of hydrogen-bond acceptors (Lipinski definition) is 6. The summed E-state index contributed by atoms with van der Waals surface area (Å²) in [6.45, 7) is 3.16. The summed E-state index contributed by atoms with van der Waals surface area (Å²) in [5.41, 5.74) is 6.02. The van der Waals surface area contributed by atoms with Crippen LogP contribution in [0.1, 0.15) is 20.8 Å². The van der Waals surface area contributed by atoms with Crippen molar-refractivity contribution in [2.75, 3.05) is 0 Å². The molecule has 47 heavy (non-hydrogen) atoms. The first kappa shape index (κ1) is 28.3. The van der Waals surface area contributed by atoms with Gasteiger partial charge in [0, 0.05) is 43.8 Å². The van der Waals surface area contributed by atoms with Gasteiger partial charge in [0.05, 0.1) is 0 Å². The Labute approximate surface area is 279 Å². The summed E-state index contributed by atoms with van der Waals surface area (Å²) >= 11 is 14.7. The van der Waals surface area contributed by atoms with Crippen LogP contribution in [0.3, 0.4) is 0 Å². The van der Waals surface area contributed by atoms with Gasteiger partial charge in [0.15, 0.2) is 23.3 Å². The van der Waals surface area contributed by atoms with E-state index in [4.69, 9.17) is 52.1 Å². The van der Waals surface area contributed by atoms with E-state index in [1.165, 1.54) is 0 Å². The molecule has 3 aromatic heterocycles. The highest BCUT2D eigenvalue weighted by Crippen LogP contribution is 2.44. The van der Waals surface area contributed by atoms with Crippen LogP contribution < -0.4 is 5.19 Å². The van der Waals surface area contributed by atoms with E-state index in [2.05, 4.69) is 30.7 Å². The minimum absolute atomic E-state index is 0.361. The summed E-state index contributed by atoms with van der Waals surface area (Å²) in [7, 11) is 0. The topological polar surface area (TPSA) is 109 Å². The van der Waals surface area contributed by atoms with Gasteiger partial charge in [-0.05, 0) is 10.2 Å². The predicted molar refractivity (Wildman–Crippen MR) is 193 cm³/mol. The van der Waals surface area contributed by atoms with Gasteiger partial charge in [-0.1, -0.05) is 112 Å². The average molecular weight is 670 g/mol. The maximum atomic E-state index is 7.34. The van der Waals surface area contributed by atoms with Crippen molar-refractivity contribution in [2.45, 2.75) is 25.8 Å². The monoisotopic (exact) mass is 668 g/mol. The molecular weight excluding hydrogens is 643 g/mol. The Morgan fingerprint density at radius 2 is 0.851 bits per heavy atom. The van der Waals surface area contributed by atoms with Crippen LogP contribution in [-0.2, 0) is 0 Å². The smallest absolute Gasteiger partial charge is 0.286 e. The van der Waals surface area contributed by atoms with Crippen LogP contribution >= 0.6 is 22.2 Å². The molecule has 2 aliphatic heterocycles. The van der Waals surface area contributed by atoms with Gasteiger partial charge in [0.2, 0.25) is 0 Å². The molecule has 8 bridgehead atoms. The molecule has 5 heterocycles. The molecule has 0 atom stereocenters. The zero-order valence-corrected chi connectivity index (χ0v) is 28.1. The van der Waals surface area contributed by atoms with E-state index in [1.54, 1.807) is 0 Å². The standard InChI is InChI=1S/C36H26Cl2N8Si/c1-36(2,3)47(37,38)26-18-10-17-25-27(26)35-45-33-24-16-9-8-15-23(24)31(43-33)41-29-20-12-5-4-11-19(20)28(39-29)40-30-21-13-6-7-14-22(21)32(42-30)44-34(25)46-35/h4-18H,1-3H3,(H2,39,40,41,42,43,44,45,46). The molecule has 7 aromatic rings. The number of benzene rings is 4. The third kappa shape index (κ3) is 4.27. The molecule has 0 saturated heterocycles. The predicted octanol–water partition coefficient (Wildman–Crippen LogP) is 8.80. The molecule has 0 fully saturated rings. The largest absolute Gasteiger partial charge is 0.324 e. The van der Waals surface area contributed by atoms with Crippen LogP contribution in [0.2, 0.25) is 5.04 Å². The third-order valence-electron chi connectivity index (χ3n) is 8.86. The highest BCUT2D eigenvalue weighted by molar-refractivity contribution is 7.52. The van der Waals surface area contributed by atoms with Crippen molar-refractivity contribution in [3.63, 3.8) is 0 Å². The Bertz CT molecular complexity index is 2610. The average Bonchev–Trinajstić information content (AvgIpc) is 3.80. The zero-order valence-electron chi connectivity index (χ0n) is 25.6. The molecule has 2 aliphatic rings. The lowest BCUT2D eigenvalue weighted by Gasteiger charge is -2.32. The van der Waals surface area contributed by atoms with Gasteiger partial charge in [-0.3, -0.25) is 0 Å². The molecule has 2 N–H and O–H groups in total.